The van der Waals surface area contributed by atoms with Crippen molar-refractivity contribution in [1.29, 1.82) is 0 Å². The number of hydrogen-bond donors (Lipinski definition) is 0. The molecule has 0 N–H and O–H groups in total. The number of rotatable bonds is 6. The highest BCUT2D eigenvalue weighted by atomic mass is 35.5. The molecule has 0 aliphatic carbocycles. The summed E-state index contributed by atoms with van der Waals surface area (Å²) in [5.41, 5.74) is 3.04. The van der Waals surface area contributed by atoms with Crippen molar-refractivity contribution < 1.29 is 4.79 Å². The normalized spacial score (nSPS) is 12.2. The summed E-state index contributed by atoms with van der Waals surface area (Å²) in [6, 6.07) is 22.0. The van der Waals surface area contributed by atoms with Crippen molar-refractivity contribution in [2.75, 3.05) is 7.05 Å². The van der Waals surface area contributed by atoms with Crippen LogP contribution in [0.15, 0.2) is 77.6 Å². The number of benzene rings is 3. The molecule has 5 nitrogen and oxygen atoms in total. The highest BCUT2D eigenvalue weighted by Crippen LogP contribution is 2.29. The third-order valence-electron chi connectivity index (χ3n) is 6.06. The summed E-state index contributed by atoms with van der Waals surface area (Å²) in [7, 11) is 1.77. The molecule has 0 fully saturated rings. The first-order valence-corrected chi connectivity index (χ1v) is 11.7. The van der Waals surface area contributed by atoms with Crippen molar-refractivity contribution in [2.45, 2.75) is 33.4 Å². The molecule has 3 aromatic carbocycles. The first-order chi connectivity index (χ1) is 16.3. The van der Waals surface area contributed by atoms with E-state index in [9.17, 15) is 9.59 Å². The van der Waals surface area contributed by atoms with E-state index < -0.39 is 6.04 Å². The molecule has 4 aromatic rings. The number of halogens is 1. The van der Waals surface area contributed by atoms with Crippen LogP contribution < -0.4 is 5.56 Å². The minimum Gasteiger partial charge on any atom is -0.331 e. The Balaban J connectivity index is 1.89. The molecule has 0 spiro atoms. The third-order valence-corrected chi connectivity index (χ3v) is 6.30. The number of aryl methyl sites for hydroxylation is 1. The van der Waals surface area contributed by atoms with Gasteiger partial charge in [-0.3, -0.25) is 14.2 Å². The van der Waals surface area contributed by atoms with E-state index >= 15 is 0 Å². The Kier molecular flexibility index (Phi) is 6.85. The van der Waals surface area contributed by atoms with Crippen molar-refractivity contribution in [3.05, 3.63) is 111 Å². The average molecular weight is 474 g/mol. The Morgan fingerprint density at radius 3 is 2.35 bits per heavy atom. The van der Waals surface area contributed by atoms with Gasteiger partial charge in [-0.2, -0.15) is 0 Å². The smallest absolute Gasteiger partial charge is 0.261 e. The highest BCUT2D eigenvalue weighted by molar-refractivity contribution is 6.31. The SMILES string of the molecule is Cc1ccc(C(=O)N(C)[C@@H](c2nc3cc(Cl)ccc3c(=O)n2Cc2ccccc2)C(C)C)cc1. The van der Waals surface area contributed by atoms with Crippen molar-refractivity contribution in [3.8, 4) is 0 Å². The fraction of sp³-hybridized carbons (Fsp3) is 0.250. The lowest BCUT2D eigenvalue weighted by atomic mass is 9.99. The van der Waals surface area contributed by atoms with Gasteiger partial charge in [0.25, 0.3) is 11.5 Å². The zero-order valence-corrected chi connectivity index (χ0v) is 20.6. The molecule has 34 heavy (non-hydrogen) atoms. The molecule has 0 aliphatic heterocycles. The standard InChI is InChI=1S/C28H28ClN3O2/c1-18(2)25(31(4)27(33)21-12-10-19(3)11-13-21)26-30-24-16-22(29)14-15-23(24)28(34)32(26)17-20-8-6-5-7-9-20/h5-16,18,25H,17H2,1-4H3/t25-/m1/s1. The van der Waals surface area contributed by atoms with Crippen LogP contribution in [-0.4, -0.2) is 27.4 Å². The lowest BCUT2D eigenvalue weighted by Crippen LogP contribution is -2.39. The second-order valence-corrected chi connectivity index (χ2v) is 9.42. The Hall–Kier alpha value is -3.44. The van der Waals surface area contributed by atoms with Crippen molar-refractivity contribution in [3.63, 3.8) is 0 Å². The molecular weight excluding hydrogens is 446 g/mol. The first kappa shape index (κ1) is 23.7. The molecule has 4 rings (SSSR count). The Morgan fingerprint density at radius 2 is 1.71 bits per heavy atom. The van der Waals surface area contributed by atoms with Crippen LogP contribution in [0.3, 0.4) is 0 Å². The predicted octanol–water partition coefficient (Wildman–Crippen LogP) is 5.88. The van der Waals surface area contributed by atoms with Crippen LogP contribution in [0.5, 0.6) is 0 Å². The van der Waals surface area contributed by atoms with E-state index in [1.165, 1.54) is 0 Å². The molecule has 0 bridgehead atoms. The van der Waals surface area contributed by atoms with E-state index in [1.54, 1.807) is 34.7 Å². The quantitative estimate of drug-likeness (QED) is 0.351. The van der Waals surface area contributed by atoms with Gasteiger partial charge in [-0.05, 0) is 48.7 Å². The lowest BCUT2D eigenvalue weighted by molar-refractivity contribution is 0.0672. The first-order valence-electron chi connectivity index (χ1n) is 11.3. The van der Waals surface area contributed by atoms with Gasteiger partial charge in [0.15, 0.2) is 0 Å². The van der Waals surface area contributed by atoms with Gasteiger partial charge in [-0.15, -0.1) is 0 Å². The van der Waals surface area contributed by atoms with Crippen LogP contribution in [-0.2, 0) is 6.54 Å². The largest absolute Gasteiger partial charge is 0.331 e. The Labute approximate surface area is 204 Å². The fourth-order valence-corrected chi connectivity index (χ4v) is 4.47. The minimum absolute atomic E-state index is 0.00459. The van der Waals surface area contributed by atoms with Gasteiger partial charge in [-0.1, -0.05) is 73.5 Å². The monoisotopic (exact) mass is 473 g/mol. The van der Waals surface area contributed by atoms with Crippen LogP contribution in [0.2, 0.25) is 5.02 Å². The minimum atomic E-state index is -0.423. The number of aromatic nitrogens is 2. The van der Waals surface area contributed by atoms with Crippen LogP contribution in [0.25, 0.3) is 10.9 Å². The predicted molar refractivity (Wildman–Crippen MR) is 137 cm³/mol. The number of carbonyl (C=O) groups is 1. The molecule has 6 heteroatoms. The maximum Gasteiger partial charge on any atom is 0.261 e. The molecular formula is C28H28ClN3O2. The summed E-state index contributed by atoms with van der Waals surface area (Å²) in [5.74, 6) is 0.428. The molecule has 0 saturated carbocycles. The summed E-state index contributed by atoms with van der Waals surface area (Å²) in [6.07, 6.45) is 0. The van der Waals surface area contributed by atoms with Crippen LogP contribution in [0, 0.1) is 12.8 Å². The van der Waals surface area contributed by atoms with Crippen molar-refractivity contribution in [2.24, 2.45) is 5.92 Å². The average Bonchev–Trinajstić information content (AvgIpc) is 2.82. The van der Waals surface area contributed by atoms with Gasteiger partial charge in [-0.25, -0.2) is 4.98 Å². The van der Waals surface area contributed by atoms with Crippen LogP contribution in [0.1, 0.15) is 47.2 Å². The molecule has 1 atom stereocenters. The molecule has 0 aliphatic rings. The zero-order chi connectivity index (χ0) is 24.4. The molecule has 0 saturated heterocycles. The summed E-state index contributed by atoms with van der Waals surface area (Å²) < 4.78 is 1.69. The molecule has 0 radical (unpaired) electrons. The molecule has 1 heterocycles. The van der Waals surface area contributed by atoms with Crippen LogP contribution in [0.4, 0.5) is 0 Å². The molecule has 174 valence electrons. The van der Waals surface area contributed by atoms with E-state index in [0.29, 0.717) is 33.9 Å². The van der Waals surface area contributed by atoms with Gasteiger partial charge < -0.3 is 4.90 Å². The number of carbonyl (C=O) groups excluding carboxylic acids is 1. The van der Waals surface area contributed by atoms with Crippen LogP contribution >= 0.6 is 11.6 Å². The summed E-state index contributed by atoms with van der Waals surface area (Å²) >= 11 is 6.23. The Morgan fingerprint density at radius 1 is 1.03 bits per heavy atom. The number of nitrogens with zero attached hydrogens (tertiary/aromatic N) is 3. The third kappa shape index (κ3) is 4.75. The van der Waals surface area contributed by atoms with E-state index in [0.717, 1.165) is 11.1 Å². The van der Waals surface area contributed by atoms with Gasteiger partial charge in [0.2, 0.25) is 0 Å². The molecule has 0 unspecified atom stereocenters. The highest BCUT2D eigenvalue weighted by Gasteiger charge is 2.30. The van der Waals surface area contributed by atoms with Crippen molar-refractivity contribution >= 4 is 28.4 Å². The Bertz CT molecular complexity index is 1380. The van der Waals surface area contributed by atoms with E-state index in [2.05, 4.69) is 0 Å². The number of hydrogen-bond acceptors (Lipinski definition) is 3. The van der Waals surface area contributed by atoms with Gasteiger partial charge in [0.05, 0.1) is 23.5 Å². The maximum absolute atomic E-state index is 13.7. The van der Waals surface area contributed by atoms with Gasteiger partial charge in [0.1, 0.15) is 5.82 Å². The summed E-state index contributed by atoms with van der Waals surface area (Å²) in [4.78, 5) is 33.7. The molecule has 1 aromatic heterocycles. The lowest BCUT2D eigenvalue weighted by Gasteiger charge is -2.32. The van der Waals surface area contributed by atoms with E-state index in [4.69, 9.17) is 16.6 Å². The number of amides is 1. The zero-order valence-electron chi connectivity index (χ0n) is 19.8. The van der Waals surface area contributed by atoms with Crippen molar-refractivity contribution in [1.82, 2.24) is 14.5 Å². The van der Waals surface area contributed by atoms with E-state index in [1.807, 2.05) is 75.4 Å². The summed E-state index contributed by atoms with van der Waals surface area (Å²) in [5, 5.41) is 1.01. The fourth-order valence-electron chi connectivity index (χ4n) is 4.30. The maximum atomic E-state index is 13.7. The molecule has 1 amide bonds. The topological polar surface area (TPSA) is 55.2 Å². The second-order valence-electron chi connectivity index (χ2n) is 8.98. The van der Waals surface area contributed by atoms with E-state index in [-0.39, 0.29) is 17.4 Å². The second kappa shape index (κ2) is 9.82. The summed E-state index contributed by atoms with van der Waals surface area (Å²) in [6.45, 7) is 6.41. The number of fused-ring (bicyclic) bond motifs is 1. The van der Waals surface area contributed by atoms with Gasteiger partial charge >= 0.3 is 0 Å². The van der Waals surface area contributed by atoms with Gasteiger partial charge in [0, 0.05) is 17.6 Å².